The normalized spacial score (nSPS) is 25.6. The van der Waals surface area contributed by atoms with Crippen molar-refractivity contribution in [2.75, 3.05) is 0 Å². The molecule has 0 saturated heterocycles. The summed E-state index contributed by atoms with van der Waals surface area (Å²) in [6.07, 6.45) is 4.48. The topological polar surface area (TPSA) is 54.4 Å². The van der Waals surface area contributed by atoms with Crippen LogP contribution in [0.25, 0.3) is 0 Å². The zero-order valence-electron chi connectivity index (χ0n) is 12.0. The summed E-state index contributed by atoms with van der Waals surface area (Å²) in [6.45, 7) is 2.07. The molecule has 2 atom stereocenters. The van der Waals surface area contributed by atoms with Crippen LogP contribution in [0.5, 0.6) is 0 Å². The first-order valence-electron chi connectivity index (χ1n) is 7.42. The third-order valence-corrected chi connectivity index (χ3v) is 4.59. The van der Waals surface area contributed by atoms with Crippen LogP contribution in [0.15, 0.2) is 30.3 Å². The Bertz CT molecular complexity index is 480. The Morgan fingerprint density at radius 3 is 2.60 bits per heavy atom. The lowest BCUT2D eigenvalue weighted by molar-refractivity contribution is -0.151. The Labute approximate surface area is 120 Å². The van der Waals surface area contributed by atoms with Crippen molar-refractivity contribution in [3.63, 3.8) is 0 Å². The molecule has 0 bridgehead atoms. The van der Waals surface area contributed by atoms with Gasteiger partial charge in [0.15, 0.2) is 5.78 Å². The van der Waals surface area contributed by atoms with Gasteiger partial charge in [-0.2, -0.15) is 0 Å². The fourth-order valence-electron chi connectivity index (χ4n) is 3.52. The van der Waals surface area contributed by atoms with Crippen LogP contribution in [0.3, 0.4) is 0 Å². The maximum Gasteiger partial charge on any atom is 0.310 e. The lowest BCUT2D eigenvalue weighted by atomic mass is 9.71. The van der Waals surface area contributed by atoms with Gasteiger partial charge in [-0.3, -0.25) is 9.59 Å². The number of ketones is 1. The van der Waals surface area contributed by atoms with Gasteiger partial charge in [-0.25, -0.2) is 0 Å². The standard InChI is InChI=1S/C17H22O3/c1-2-7-14-10-6-11-17(14,16(19)20)12-15(18)13-8-4-3-5-9-13/h3-5,8-9,14H,2,6-7,10-12H2,1H3,(H,19,20). The van der Waals surface area contributed by atoms with E-state index >= 15 is 0 Å². The van der Waals surface area contributed by atoms with Crippen LogP contribution in [0, 0.1) is 11.3 Å². The maximum absolute atomic E-state index is 12.4. The molecular weight excluding hydrogens is 252 g/mol. The van der Waals surface area contributed by atoms with Crippen LogP contribution >= 0.6 is 0 Å². The van der Waals surface area contributed by atoms with Crippen LogP contribution < -0.4 is 0 Å². The number of Topliss-reactive ketones (excluding diaryl/α,β-unsaturated/α-hetero) is 1. The number of carbonyl (C=O) groups excluding carboxylic acids is 1. The average Bonchev–Trinajstić information content (AvgIpc) is 2.84. The molecule has 0 spiro atoms. The highest BCUT2D eigenvalue weighted by atomic mass is 16.4. The van der Waals surface area contributed by atoms with Crippen molar-refractivity contribution in [3.05, 3.63) is 35.9 Å². The Morgan fingerprint density at radius 1 is 1.30 bits per heavy atom. The van der Waals surface area contributed by atoms with E-state index < -0.39 is 11.4 Å². The van der Waals surface area contributed by atoms with Crippen LogP contribution in [0.2, 0.25) is 0 Å². The van der Waals surface area contributed by atoms with Gasteiger partial charge in [0.2, 0.25) is 0 Å². The number of hydrogen-bond donors (Lipinski definition) is 1. The summed E-state index contributed by atoms with van der Waals surface area (Å²) in [5, 5.41) is 9.70. The molecule has 3 heteroatoms. The highest BCUT2D eigenvalue weighted by Crippen LogP contribution is 2.49. The second-order valence-corrected chi connectivity index (χ2v) is 5.81. The van der Waals surface area contributed by atoms with E-state index in [9.17, 15) is 14.7 Å². The number of carbonyl (C=O) groups is 2. The summed E-state index contributed by atoms with van der Waals surface area (Å²) in [5.74, 6) is -0.702. The molecule has 1 aromatic rings. The molecule has 1 N–H and O–H groups in total. The van der Waals surface area contributed by atoms with Crippen molar-refractivity contribution in [3.8, 4) is 0 Å². The largest absolute Gasteiger partial charge is 0.481 e. The third kappa shape index (κ3) is 2.77. The molecule has 1 aliphatic carbocycles. The molecule has 1 aromatic carbocycles. The second kappa shape index (κ2) is 6.21. The van der Waals surface area contributed by atoms with Crippen molar-refractivity contribution in [1.82, 2.24) is 0 Å². The number of hydrogen-bond acceptors (Lipinski definition) is 2. The Kier molecular flexibility index (Phi) is 4.58. The second-order valence-electron chi connectivity index (χ2n) is 5.81. The minimum absolute atomic E-state index is 0.0454. The van der Waals surface area contributed by atoms with Gasteiger partial charge in [-0.1, -0.05) is 50.1 Å². The quantitative estimate of drug-likeness (QED) is 0.800. The Balaban J connectivity index is 2.22. The first-order chi connectivity index (χ1) is 9.60. The van der Waals surface area contributed by atoms with E-state index in [4.69, 9.17) is 0 Å². The molecule has 0 aliphatic heterocycles. The molecule has 108 valence electrons. The van der Waals surface area contributed by atoms with Crippen molar-refractivity contribution in [2.24, 2.45) is 11.3 Å². The lowest BCUT2D eigenvalue weighted by Crippen LogP contribution is -2.37. The predicted octanol–water partition coefficient (Wildman–Crippen LogP) is 3.93. The predicted molar refractivity (Wildman–Crippen MR) is 77.7 cm³/mol. The van der Waals surface area contributed by atoms with E-state index in [2.05, 4.69) is 6.92 Å². The molecule has 0 aromatic heterocycles. The molecule has 1 fully saturated rings. The molecule has 0 radical (unpaired) electrons. The van der Waals surface area contributed by atoms with Crippen LogP contribution in [-0.4, -0.2) is 16.9 Å². The number of rotatable bonds is 6. The molecule has 0 amide bonds. The number of carboxylic acid groups (broad SMARTS) is 1. The van der Waals surface area contributed by atoms with E-state index in [1.54, 1.807) is 12.1 Å². The van der Waals surface area contributed by atoms with Crippen molar-refractivity contribution in [2.45, 2.75) is 45.4 Å². The first-order valence-corrected chi connectivity index (χ1v) is 7.42. The average molecular weight is 274 g/mol. The summed E-state index contributed by atoms with van der Waals surface area (Å²) in [6, 6.07) is 9.03. The molecule has 0 heterocycles. The first kappa shape index (κ1) is 14.8. The molecular formula is C17H22O3. The van der Waals surface area contributed by atoms with Gasteiger partial charge < -0.3 is 5.11 Å². The van der Waals surface area contributed by atoms with Gasteiger partial charge in [-0.05, 0) is 25.2 Å². The monoisotopic (exact) mass is 274 g/mol. The fraction of sp³-hybridized carbons (Fsp3) is 0.529. The van der Waals surface area contributed by atoms with E-state index in [0.717, 1.165) is 25.7 Å². The Morgan fingerprint density at radius 2 is 2.00 bits per heavy atom. The van der Waals surface area contributed by atoms with Gasteiger partial charge in [-0.15, -0.1) is 0 Å². The van der Waals surface area contributed by atoms with Crippen molar-refractivity contribution in [1.29, 1.82) is 0 Å². The number of carboxylic acids is 1. The van der Waals surface area contributed by atoms with E-state index in [-0.39, 0.29) is 18.1 Å². The van der Waals surface area contributed by atoms with Gasteiger partial charge in [0.05, 0.1) is 5.41 Å². The van der Waals surface area contributed by atoms with Crippen molar-refractivity contribution >= 4 is 11.8 Å². The molecule has 2 rings (SSSR count). The zero-order valence-corrected chi connectivity index (χ0v) is 12.0. The van der Waals surface area contributed by atoms with Gasteiger partial charge in [0.25, 0.3) is 0 Å². The van der Waals surface area contributed by atoms with Gasteiger partial charge in [0.1, 0.15) is 0 Å². The van der Waals surface area contributed by atoms with Gasteiger partial charge in [0, 0.05) is 12.0 Å². The summed E-state index contributed by atoms with van der Waals surface area (Å²) in [7, 11) is 0. The van der Waals surface area contributed by atoms with Crippen molar-refractivity contribution < 1.29 is 14.7 Å². The van der Waals surface area contributed by atoms with Crippen LogP contribution in [-0.2, 0) is 4.79 Å². The maximum atomic E-state index is 12.4. The van der Waals surface area contributed by atoms with Gasteiger partial charge >= 0.3 is 5.97 Å². The molecule has 1 aliphatic rings. The van der Waals surface area contributed by atoms with E-state index in [0.29, 0.717) is 12.0 Å². The number of aliphatic carboxylic acids is 1. The van der Waals surface area contributed by atoms with E-state index in [1.165, 1.54) is 0 Å². The summed E-state index contributed by atoms with van der Waals surface area (Å²) >= 11 is 0. The Hall–Kier alpha value is -1.64. The minimum atomic E-state index is -0.844. The van der Waals surface area contributed by atoms with E-state index in [1.807, 2.05) is 18.2 Å². The lowest BCUT2D eigenvalue weighted by Gasteiger charge is -2.30. The highest BCUT2D eigenvalue weighted by Gasteiger charge is 2.49. The zero-order chi connectivity index (χ0) is 14.6. The molecule has 3 nitrogen and oxygen atoms in total. The molecule has 1 saturated carbocycles. The summed E-state index contributed by atoms with van der Waals surface area (Å²) in [4.78, 5) is 24.2. The molecule has 20 heavy (non-hydrogen) atoms. The summed E-state index contributed by atoms with van der Waals surface area (Å²) in [5.41, 5.74) is -0.224. The minimum Gasteiger partial charge on any atom is -0.481 e. The fourth-order valence-corrected chi connectivity index (χ4v) is 3.52. The summed E-state index contributed by atoms with van der Waals surface area (Å²) < 4.78 is 0. The molecule has 2 unspecified atom stereocenters. The highest BCUT2D eigenvalue weighted by molar-refractivity contribution is 5.99. The number of benzene rings is 1. The third-order valence-electron chi connectivity index (χ3n) is 4.59. The van der Waals surface area contributed by atoms with Crippen LogP contribution in [0.4, 0.5) is 0 Å². The SMILES string of the molecule is CCCC1CCCC1(CC(=O)c1ccccc1)C(=O)O. The van der Waals surface area contributed by atoms with Crippen LogP contribution in [0.1, 0.15) is 55.8 Å². The smallest absolute Gasteiger partial charge is 0.310 e.